The quantitative estimate of drug-likeness (QED) is 0.520. The summed E-state index contributed by atoms with van der Waals surface area (Å²) in [7, 11) is 0. The molecule has 0 N–H and O–H groups in total. The van der Waals surface area contributed by atoms with Crippen molar-refractivity contribution in [3.05, 3.63) is 59.7 Å². The van der Waals surface area contributed by atoms with E-state index >= 15 is 0 Å². The van der Waals surface area contributed by atoms with Crippen LogP contribution >= 0.6 is 0 Å². The van der Waals surface area contributed by atoms with Crippen molar-refractivity contribution >= 4 is 0 Å². The summed E-state index contributed by atoms with van der Waals surface area (Å²) in [5.41, 5.74) is 5.69. The Morgan fingerprint density at radius 1 is 0.846 bits per heavy atom. The lowest BCUT2D eigenvalue weighted by molar-refractivity contribution is 1.09. The zero-order chi connectivity index (χ0) is 8.67. The first kappa shape index (κ1) is 6.90. The van der Waals surface area contributed by atoms with E-state index in [1.54, 1.807) is 0 Å². The maximum absolute atomic E-state index is 2.28. The number of fused-ring (bicyclic) bond motifs is 2. The van der Waals surface area contributed by atoms with Crippen molar-refractivity contribution in [1.82, 2.24) is 0 Å². The third-order valence-corrected chi connectivity index (χ3v) is 2.65. The van der Waals surface area contributed by atoms with Crippen LogP contribution in [0.3, 0.4) is 0 Å². The van der Waals surface area contributed by atoms with Crippen LogP contribution in [0.4, 0.5) is 0 Å². The van der Waals surface area contributed by atoms with Gasteiger partial charge in [0, 0.05) is 0 Å². The zero-order valence-electron chi connectivity index (χ0n) is 7.33. The fourth-order valence-electron chi connectivity index (χ4n) is 1.89. The lowest BCUT2D eigenvalue weighted by Crippen LogP contribution is -2.02. The topological polar surface area (TPSA) is 0 Å². The lowest BCUT2D eigenvalue weighted by atomic mass is 9.86. The molecule has 2 aromatic carbocycles. The van der Waals surface area contributed by atoms with Gasteiger partial charge >= 0.3 is 0 Å². The summed E-state index contributed by atoms with van der Waals surface area (Å²) >= 11 is 0. The molecule has 0 unspecified atom stereocenters. The van der Waals surface area contributed by atoms with Gasteiger partial charge in [-0.3, -0.25) is 0 Å². The molecule has 2 bridgehead atoms. The molecule has 0 heteroatoms. The molecule has 0 nitrogen and oxygen atoms in total. The Hall–Kier alpha value is -1.56. The van der Waals surface area contributed by atoms with Crippen molar-refractivity contribution in [1.29, 1.82) is 0 Å². The summed E-state index contributed by atoms with van der Waals surface area (Å²) in [5, 5.41) is 0. The number of hydrogen-bond donors (Lipinski definition) is 0. The predicted molar refractivity (Wildman–Crippen MR) is 54.7 cm³/mol. The minimum Gasteiger partial charge on any atom is -0.0622 e. The average Bonchev–Trinajstić information content (AvgIpc) is 2.18. The summed E-state index contributed by atoms with van der Waals surface area (Å²) in [6.45, 7) is 0. The minimum absolute atomic E-state index is 1.17. The van der Waals surface area contributed by atoms with E-state index in [9.17, 15) is 0 Å². The van der Waals surface area contributed by atoms with Gasteiger partial charge in [0.15, 0.2) is 0 Å². The highest BCUT2D eigenvalue weighted by atomic mass is 14.2. The molecular formula is C13H10. The Morgan fingerprint density at radius 3 is 2.23 bits per heavy atom. The average molecular weight is 166 g/mol. The monoisotopic (exact) mass is 166 g/mol. The molecule has 0 saturated carbocycles. The van der Waals surface area contributed by atoms with Crippen LogP contribution in [-0.4, -0.2) is 0 Å². The molecule has 0 atom stereocenters. The van der Waals surface area contributed by atoms with Crippen LogP contribution in [0.15, 0.2) is 48.5 Å². The maximum atomic E-state index is 2.28. The Morgan fingerprint density at radius 2 is 1.62 bits per heavy atom. The molecule has 2 aromatic rings. The van der Waals surface area contributed by atoms with Crippen molar-refractivity contribution in [2.24, 2.45) is 0 Å². The summed E-state index contributed by atoms with van der Waals surface area (Å²) in [6, 6.07) is 17.3. The summed E-state index contributed by atoms with van der Waals surface area (Å²) in [4.78, 5) is 0. The van der Waals surface area contributed by atoms with Gasteiger partial charge in [0.05, 0.1) is 0 Å². The molecule has 0 fully saturated rings. The Labute approximate surface area is 77.8 Å². The fourth-order valence-corrected chi connectivity index (χ4v) is 1.89. The first-order valence-corrected chi connectivity index (χ1v) is 4.61. The molecule has 0 spiro atoms. The van der Waals surface area contributed by atoms with E-state index in [2.05, 4.69) is 48.5 Å². The van der Waals surface area contributed by atoms with Crippen molar-refractivity contribution < 1.29 is 0 Å². The summed E-state index contributed by atoms with van der Waals surface area (Å²) in [5.74, 6) is 0. The van der Waals surface area contributed by atoms with Gasteiger partial charge in [0.25, 0.3) is 0 Å². The van der Waals surface area contributed by atoms with Crippen LogP contribution in [0.1, 0.15) is 11.1 Å². The summed E-state index contributed by atoms with van der Waals surface area (Å²) < 4.78 is 0. The molecule has 0 aliphatic heterocycles. The Bertz CT molecular complexity index is 437. The fraction of sp³-hybridized carbons (Fsp3) is 0.0769. The van der Waals surface area contributed by atoms with Gasteiger partial charge in [-0.05, 0) is 28.7 Å². The maximum Gasteiger partial charge on any atom is -0.00194 e. The first-order chi connectivity index (χ1) is 6.43. The predicted octanol–water partition coefficient (Wildman–Crippen LogP) is 3.26. The second-order valence-corrected chi connectivity index (χ2v) is 3.53. The molecule has 0 heterocycles. The minimum atomic E-state index is 1.17. The molecule has 2 aliphatic carbocycles. The second-order valence-electron chi connectivity index (χ2n) is 3.53. The molecular weight excluding hydrogens is 156 g/mol. The van der Waals surface area contributed by atoms with Gasteiger partial charge in [-0.25, -0.2) is 0 Å². The van der Waals surface area contributed by atoms with E-state index in [4.69, 9.17) is 0 Å². The Kier molecular flexibility index (Phi) is 1.31. The lowest BCUT2D eigenvalue weighted by Gasteiger charge is -2.19. The number of hydrogen-bond acceptors (Lipinski definition) is 0. The standard InChI is InChI=1S/C13H10/c1-2-4-11(5-3-1)13-7-6-10-8-12(13)9-10/h1-8H,9H2. The van der Waals surface area contributed by atoms with Gasteiger partial charge in [-0.2, -0.15) is 0 Å². The molecule has 13 heavy (non-hydrogen) atoms. The second kappa shape index (κ2) is 2.46. The highest BCUT2D eigenvalue weighted by molar-refractivity contribution is 5.71. The molecule has 62 valence electrons. The third-order valence-electron chi connectivity index (χ3n) is 2.65. The van der Waals surface area contributed by atoms with E-state index in [1.807, 2.05) is 0 Å². The van der Waals surface area contributed by atoms with Crippen molar-refractivity contribution in [3.63, 3.8) is 0 Å². The van der Waals surface area contributed by atoms with Gasteiger partial charge in [-0.15, -0.1) is 0 Å². The van der Waals surface area contributed by atoms with Crippen LogP contribution in [0.25, 0.3) is 11.1 Å². The number of benzene rings is 2. The first-order valence-electron chi connectivity index (χ1n) is 4.61. The van der Waals surface area contributed by atoms with Crippen LogP contribution < -0.4 is 0 Å². The molecule has 4 rings (SSSR count). The molecule has 0 radical (unpaired) electrons. The highest BCUT2D eigenvalue weighted by Crippen LogP contribution is 2.32. The highest BCUT2D eigenvalue weighted by Gasteiger charge is 2.13. The SMILES string of the molecule is c1ccc(-c2ccc3cc2C3)cc1. The van der Waals surface area contributed by atoms with E-state index in [0.717, 1.165) is 0 Å². The van der Waals surface area contributed by atoms with Crippen molar-refractivity contribution in [2.75, 3.05) is 0 Å². The van der Waals surface area contributed by atoms with Gasteiger partial charge in [-0.1, -0.05) is 48.5 Å². The van der Waals surface area contributed by atoms with Gasteiger partial charge in [0.2, 0.25) is 0 Å². The normalized spacial score (nSPS) is 12.3. The van der Waals surface area contributed by atoms with E-state index in [0.29, 0.717) is 0 Å². The van der Waals surface area contributed by atoms with Crippen molar-refractivity contribution in [3.8, 4) is 11.1 Å². The molecule has 2 aliphatic rings. The Balaban J connectivity index is 2.18. The number of rotatable bonds is 1. The van der Waals surface area contributed by atoms with Gasteiger partial charge in [0.1, 0.15) is 0 Å². The van der Waals surface area contributed by atoms with Crippen LogP contribution in [0.2, 0.25) is 0 Å². The van der Waals surface area contributed by atoms with Crippen LogP contribution in [0.5, 0.6) is 0 Å². The largest absolute Gasteiger partial charge is 0.0622 e. The smallest absolute Gasteiger partial charge is 0.00194 e. The molecule has 0 saturated heterocycles. The molecule has 0 amide bonds. The van der Waals surface area contributed by atoms with Gasteiger partial charge < -0.3 is 0 Å². The third kappa shape index (κ3) is 0.988. The van der Waals surface area contributed by atoms with Crippen LogP contribution in [0, 0.1) is 0 Å². The molecule has 0 aromatic heterocycles. The van der Waals surface area contributed by atoms with Crippen molar-refractivity contribution in [2.45, 2.75) is 6.42 Å². The van der Waals surface area contributed by atoms with E-state index < -0.39 is 0 Å². The van der Waals surface area contributed by atoms with E-state index in [-0.39, 0.29) is 0 Å². The zero-order valence-corrected chi connectivity index (χ0v) is 7.33. The van der Waals surface area contributed by atoms with E-state index in [1.165, 1.54) is 28.7 Å². The summed E-state index contributed by atoms with van der Waals surface area (Å²) in [6.07, 6.45) is 1.17. The van der Waals surface area contributed by atoms with Crippen LogP contribution in [-0.2, 0) is 6.42 Å².